The molecule has 0 N–H and O–H groups in total. The Kier molecular flexibility index (Phi) is 6.26. The van der Waals surface area contributed by atoms with Gasteiger partial charge in [-0.15, -0.1) is 11.3 Å². The van der Waals surface area contributed by atoms with Crippen molar-refractivity contribution in [2.75, 3.05) is 13.2 Å². The summed E-state index contributed by atoms with van der Waals surface area (Å²) in [4.78, 5) is 43.0. The van der Waals surface area contributed by atoms with Gasteiger partial charge in [0.25, 0.3) is 11.6 Å². The molecule has 2 fully saturated rings. The Labute approximate surface area is 200 Å². The number of carbonyl (C=O) groups excluding carboxylic acids is 2. The van der Waals surface area contributed by atoms with E-state index < -0.39 is 10.9 Å². The number of nitro groups is 1. The highest BCUT2D eigenvalue weighted by Gasteiger charge is 2.50. The van der Waals surface area contributed by atoms with Crippen LogP contribution in [0, 0.1) is 27.9 Å². The zero-order valence-corrected chi connectivity index (χ0v) is 20.8. The molecule has 0 spiro atoms. The molecule has 2 bridgehead atoms. The van der Waals surface area contributed by atoms with Crippen LogP contribution in [0.3, 0.4) is 0 Å². The summed E-state index contributed by atoms with van der Waals surface area (Å²) < 4.78 is 5.95. The number of ether oxygens (including phenoxy) is 1. The quantitative estimate of drug-likeness (QED) is 0.316. The summed E-state index contributed by atoms with van der Waals surface area (Å²) in [6.45, 7) is 8.84. The molecular formula is C23H27N3O5S2. The molecule has 0 unspecified atom stereocenters. The Morgan fingerprint density at radius 3 is 2.76 bits per heavy atom. The fraction of sp³-hybridized carbons (Fsp3) is 0.522. The molecule has 2 aliphatic rings. The zero-order valence-electron chi connectivity index (χ0n) is 19.1. The molecule has 1 aromatic heterocycles. The maximum Gasteiger partial charge on any atom is 0.338 e. The average Bonchev–Trinajstić information content (AvgIpc) is 3.24. The zero-order chi connectivity index (χ0) is 24.0. The molecular weight excluding hydrogens is 462 g/mol. The van der Waals surface area contributed by atoms with Crippen LogP contribution in [0.25, 0.3) is 0 Å². The summed E-state index contributed by atoms with van der Waals surface area (Å²) >= 11 is 2.58. The molecule has 33 heavy (non-hydrogen) atoms. The molecule has 0 radical (unpaired) electrons. The van der Waals surface area contributed by atoms with E-state index in [9.17, 15) is 19.7 Å². The second-order valence-electron chi connectivity index (χ2n) is 10.1. The van der Waals surface area contributed by atoms with Gasteiger partial charge < -0.3 is 9.64 Å². The maximum atomic E-state index is 12.8. The Morgan fingerprint density at radius 1 is 1.33 bits per heavy atom. The molecule has 1 saturated carbocycles. The Hall–Kier alpha value is -2.46. The van der Waals surface area contributed by atoms with Gasteiger partial charge >= 0.3 is 5.97 Å². The summed E-state index contributed by atoms with van der Waals surface area (Å²) in [5.74, 6) is -0.961. The minimum absolute atomic E-state index is 0.0439. The molecule has 1 saturated heterocycles. The number of thiazole rings is 1. The SMILES string of the molecule is Cc1csc(Sc2ccc(C(=O)OCC(=O)N3C[C@]4(C)C[C@@H]3CC(C)(C)C4)cc2[N+](=O)[O-])n1. The van der Waals surface area contributed by atoms with Crippen LogP contribution < -0.4 is 0 Å². The van der Waals surface area contributed by atoms with Crippen LogP contribution >= 0.6 is 23.1 Å². The second kappa shape index (κ2) is 8.72. The number of aryl methyl sites for hydroxylation is 1. The molecule has 1 aromatic carbocycles. The minimum Gasteiger partial charge on any atom is -0.452 e. The molecule has 2 heterocycles. The monoisotopic (exact) mass is 489 g/mol. The number of hydrogen-bond donors (Lipinski definition) is 0. The van der Waals surface area contributed by atoms with Crippen molar-refractivity contribution in [2.45, 2.75) is 62.2 Å². The molecule has 2 atom stereocenters. The van der Waals surface area contributed by atoms with E-state index in [0.29, 0.717) is 15.8 Å². The van der Waals surface area contributed by atoms with Crippen LogP contribution in [0.1, 0.15) is 56.1 Å². The van der Waals surface area contributed by atoms with Gasteiger partial charge in [0, 0.05) is 29.7 Å². The fourth-order valence-corrected chi connectivity index (χ4v) is 7.27. The van der Waals surface area contributed by atoms with Gasteiger partial charge in [0.2, 0.25) is 0 Å². The molecule has 2 aromatic rings. The molecule has 1 amide bonds. The largest absolute Gasteiger partial charge is 0.452 e. The number of carbonyl (C=O) groups is 2. The van der Waals surface area contributed by atoms with Crippen LogP contribution in [0.5, 0.6) is 0 Å². The number of nitro benzene ring substituents is 1. The van der Waals surface area contributed by atoms with Crippen LogP contribution in [-0.4, -0.2) is 45.9 Å². The molecule has 8 nitrogen and oxygen atoms in total. The van der Waals surface area contributed by atoms with Crippen LogP contribution in [0.2, 0.25) is 0 Å². The predicted octanol–water partition coefficient (Wildman–Crippen LogP) is 5.09. The van der Waals surface area contributed by atoms with Crippen LogP contribution in [0.4, 0.5) is 5.69 Å². The number of fused-ring (bicyclic) bond motifs is 2. The fourth-order valence-electron chi connectivity index (χ4n) is 5.39. The van der Waals surface area contributed by atoms with Crippen LogP contribution in [-0.2, 0) is 9.53 Å². The summed E-state index contributed by atoms with van der Waals surface area (Å²) in [5.41, 5.74) is 0.962. The first-order valence-corrected chi connectivity index (χ1v) is 12.5. The first-order valence-electron chi connectivity index (χ1n) is 10.8. The van der Waals surface area contributed by atoms with Crippen molar-refractivity contribution in [1.29, 1.82) is 0 Å². The van der Waals surface area contributed by atoms with Gasteiger partial charge in [-0.1, -0.05) is 32.5 Å². The van der Waals surface area contributed by atoms with Gasteiger partial charge in [0.1, 0.15) is 0 Å². The van der Waals surface area contributed by atoms with E-state index in [0.717, 1.165) is 25.0 Å². The average molecular weight is 490 g/mol. The third-order valence-corrected chi connectivity index (χ3v) is 8.37. The lowest BCUT2D eigenvalue weighted by Gasteiger charge is -2.39. The van der Waals surface area contributed by atoms with E-state index in [2.05, 4.69) is 25.8 Å². The third kappa shape index (κ3) is 5.22. The predicted molar refractivity (Wildman–Crippen MR) is 126 cm³/mol. The van der Waals surface area contributed by atoms with Crippen molar-refractivity contribution in [3.05, 3.63) is 45.0 Å². The Morgan fingerprint density at radius 2 is 2.09 bits per heavy atom. The first-order chi connectivity index (χ1) is 15.4. The molecule has 1 aliphatic carbocycles. The topological polar surface area (TPSA) is 103 Å². The second-order valence-corrected chi connectivity index (χ2v) is 12.3. The number of rotatable bonds is 6. The maximum absolute atomic E-state index is 12.8. The summed E-state index contributed by atoms with van der Waals surface area (Å²) in [7, 11) is 0. The summed E-state index contributed by atoms with van der Waals surface area (Å²) in [6.07, 6.45) is 2.97. The van der Waals surface area contributed by atoms with E-state index >= 15 is 0 Å². The van der Waals surface area contributed by atoms with Gasteiger partial charge in [0.15, 0.2) is 10.9 Å². The lowest BCUT2D eigenvalue weighted by molar-refractivity contribution is -0.387. The first kappa shape index (κ1) is 23.7. The van der Waals surface area contributed by atoms with Gasteiger partial charge in [-0.2, -0.15) is 0 Å². The molecule has 176 valence electrons. The number of likely N-dealkylation sites (tertiary alicyclic amines) is 1. The van der Waals surface area contributed by atoms with E-state index in [1.165, 1.54) is 41.3 Å². The van der Waals surface area contributed by atoms with Crippen molar-refractivity contribution < 1.29 is 19.2 Å². The van der Waals surface area contributed by atoms with Gasteiger partial charge in [-0.25, -0.2) is 9.78 Å². The number of amides is 1. The molecule has 4 rings (SSSR count). The smallest absolute Gasteiger partial charge is 0.338 e. The lowest BCUT2D eigenvalue weighted by Crippen LogP contribution is -2.39. The number of nitrogens with zero attached hydrogens (tertiary/aromatic N) is 3. The normalized spacial score (nSPS) is 23.4. The van der Waals surface area contributed by atoms with E-state index in [1.54, 1.807) is 0 Å². The molecule has 10 heteroatoms. The lowest BCUT2D eigenvalue weighted by atomic mass is 9.65. The van der Waals surface area contributed by atoms with Crippen molar-refractivity contribution in [3.8, 4) is 0 Å². The van der Waals surface area contributed by atoms with Gasteiger partial charge in [-0.3, -0.25) is 14.9 Å². The highest BCUT2D eigenvalue weighted by molar-refractivity contribution is 8.01. The standard InChI is InChI=1S/C23H27N3O5S2/c1-14-11-32-21(24-14)33-18-6-5-15(7-17(18)26(29)30)20(28)31-10-19(27)25-13-23(4)9-16(25)8-22(2,3)12-23/h5-7,11,16H,8-10,12-13H2,1-4H3/t16-,23+/m0/s1. The highest BCUT2D eigenvalue weighted by Crippen LogP contribution is 2.52. The van der Waals surface area contributed by atoms with Gasteiger partial charge in [-0.05, 0) is 49.1 Å². The van der Waals surface area contributed by atoms with E-state index in [4.69, 9.17) is 4.74 Å². The number of aromatic nitrogens is 1. The van der Waals surface area contributed by atoms with Crippen molar-refractivity contribution in [1.82, 2.24) is 9.88 Å². The number of hydrogen-bond acceptors (Lipinski definition) is 8. The van der Waals surface area contributed by atoms with Crippen molar-refractivity contribution in [3.63, 3.8) is 0 Å². The third-order valence-electron chi connectivity index (χ3n) is 6.25. The number of esters is 1. The highest BCUT2D eigenvalue weighted by atomic mass is 32.2. The Balaban J connectivity index is 1.42. The summed E-state index contributed by atoms with van der Waals surface area (Å²) in [6, 6.07) is 4.36. The Bertz CT molecular complexity index is 1120. The minimum atomic E-state index is -0.748. The van der Waals surface area contributed by atoms with Gasteiger partial charge in [0.05, 0.1) is 15.4 Å². The van der Waals surface area contributed by atoms with E-state index in [1.807, 2.05) is 17.2 Å². The molecule has 1 aliphatic heterocycles. The summed E-state index contributed by atoms with van der Waals surface area (Å²) in [5, 5.41) is 13.5. The van der Waals surface area contributed by atoms with Crippen LogP contribution in [0.15, 0.2) is 32.8 Å². The number of benzene rings is 1. The van der Waals surface area contributed by atoms with E-state index in [-0.39, 0.29) is 40.6 Å². The van der Waals surface area contributed by atoms with Crippen molar-refractivity contribution in [2.24, 2.45) is 10.8 Å². The van der Waals surface area contributed by atoms with Crippen molar-refractivity contribution >= 4 is 40.7 Å².